The molecule has 1 N–H and O–H groups in total. The molecule has 0 unspecified atom stereocenters. The number of nitriles is 1. The van der Waals surface area contributed by atoms with Crippen LogP contribution in [0, 0.1) is 17.2 Å². The lowest BCUT2D eigenvalue weighted by atomic mass is 9.90. The van der Waals surface area contributed by atoms with Crippen LogP contribution in [0.4, 0.5) is 0 Å². The first kappa shape index (κ1) is 21.3. The highest BCUT2D eigenvalue weighted by molar-refractivity contribution is 7.99. The molecule has 27 heavy (non-hydrogen) atoms. The molecule has 7 heteroatoms. The minimum absolute atomic E-state index is 0.0721. The molecular weight excluding hydrogens is 364 g/mol. The van der Waals surface area contributed by atoms with E-state index >= 15 is 0 Å². The fraction of sp³-hybridized carbons (Fsp3) is 0.550. The van der Waals surface area contributed by atoms with Crippen LogP contribution < -0.4 is 5.32 Å². The summed E-state index contributed by atoms with van der Waals surface area (Å²) < 4.78 is 10.8. The molecule has 1 heterocycles. The molecule has 0 aromatic heterocycles. The highest BCUT2D eigenvalue weighted by atomic mass is 32.2. The molecule has 2 rings (SSSR count). The fourth-order valence-corrected chi connectivity index (χ4v) is 3.67. The lowest BCUT2D eigenvalue weighted by molar-refractivity contribution is -0.125. The highest BCUT2D eigenvalue weighted by Gasteiger charge is 2.30. The summed E-state index contributed by atoms with van der Waals surface area (Å²) in [4.78, 5) is 25.3. The van der Waals surface area contributed by atoms with Crippen LogP contribution >= 0.6 is 11.8 Å². The van der Waals surface area contributed by atoms with E-state index in [0.29, 0.717) is 5.56 Å². The van der Waals surface area contributed by atoms with Crippen LogP contribution in [0.1, 0.15) is 44.0 Å². The Balaban J connectivity index is 1.92. The second kappa shape index (κ2) is 9.77. The average Bonchev–Trinajstić information content (AvgIpc) is 3.18. The minimum Gasteiger partial charge on any atom is -0.452 e. The van der Waals surface area contributed by atoms with Crippen molar-refractivity contribution in [3.05, 3.63) is 29.8 Å². The van der Waals surface area contributed by atoms with Gasteiger partial charge in [0.05, 0.1) is 17.7 Å². The lowest BCUT2D eigenvalue weighted by Crippen LogP contribution is -2.50. The highest BCUT2D eigenvalue weighted by Crippen LogP contribution is 2.27. The first-order valence-electron chi connectivity index (χ1n) is 9.08. The number of carbonyl (C=O) groups excluding carboxylic acids is 2. The predicted molar refractivity (Wildman–Crippen MR) is 103 cm³/mol. The monoisotopic (exact) mass is 390 g/mol. The smallest absolute Gasteiger partial charge is 0.339 e. The van der Waals surface area contributed by atoms with Crippen molar-refractivity contribution in [2.24, 2.45) is 5.92 Å². The number of ether oxygens (including phenoxy) is 2. The lowest BCUT2D eigenvalue weighted by Gasteiger charge is -2.27. The molecular formula is C20H26N2O4S. The van der Waals surface area contributed by atoms with Crippen molar-refractivity contribution in [3.63, 3.8) is 0 Å². The third-order valence-corrected chi connectivity index (χ3v) is 5.88. The van der Waals surface area contributed by atoms with Crippen molar-refractivity contribution in [2.75, 3.05) is 19.0 Å². The van der Waals surface area contributed by atoms with Crippen LogP contribution in [0.5, 0.6) is 0 Å². The van der Waals surface area contributed by atoms with Gasteiger partial charge in [-0.15, -0.1) is 11.8 Å². The minimum atomic E-state index is -1.00. The van der Waals surface area contributed by atoms with Crippen molar-refractivity contribution >= 4 is 23.6 Å². The molecule has 1 aliphatic heterocycles. The van der Waals surface area contributed by atoms with Gasteiger partial charge in [0.15, 0.2) is 6.61 Å². The molecule has 1 aromatic carbocycles. The Morgan fingerprint density at radius 3 is 2.81 bits per heavy atom. The molecule has 2 atom stereocenters. The first-order chi connectivity index (χ1) is 12.9. The maximum absolute atomic E-state index is 12.4. The van der Waals surface area contributed by atoms with Crippen LogP contribution in [-0.2, 0) is 14.3 Å². The Morgan fingerprint density at radius 1 is 1.44 bits per heavy atom. The van der Waals surface area contributed by atoms with Gasteiger partial charge in [0, 0.05) is 17.3 Å². The molecule has 1 aromatic rings. The number of esters is 1. The van der Waals surface area contributed by atoms with Gasteiger partial charge in [-0.3, -0.25) is 4.79 Å². The topological polar surface area (TPSA) is 88.4 Å². The van der Waals surface area contributed by atoms with E-state index in [-0.39, 0.29) is 12.0 Å². The maximum atomic E-state index is 12.4. The Kier molecular flexibility index (Phi) is 7.69. The summed E-state index contributed by atoms with van der Waals surface area (Å²) in [6, 6.07) is 9.27. The number of rotatable bonds is 8. The summed E-state index contributed by atoms with van der Waals surface area (Å²) in [7, 11) is 0. The zero-order valence-corrected chi connectivity index (χ0v) is 16.8. The summed E-state index contributed by atoms with van der Waals surface area (Å²) in [5.74, 6) is -0.342. The van der Waals surface area contributed by atoms with Crippen LogP contribution in [0.2, 0.25) is 0 Å². The zero-order valence-electron chi connectivity index (χ0n) is 16.0. The SMILES string of the molecule is CC(C)[C@](C)(C#N)NC(=O)COC(=O)c1ccccc1SC[C@H]1CCCO1. The van der Waals surface area contributed by atoms with Crippen molar-refractivity contribution in [1.29, 1.82) is 5.26 Å². The molecule has 146 valence electrons. The summed E-state index contributed by atoms with van der Waals surface area (Å²) in [5.41, 5.74) is -0.571. The molecule has 0 bridgehead atoms. The van der Waals surface area contributed by atoms with E-state index in [2.05, 4.69) is 11.4 Å². The van der Waals surface area contributed by atoms with Crippen LogP contribution in [-0.4, -0.2) is 42.5 Å². The van der Waals surface area contributed by atoms with Gasteiger partial charge >= 0.3 is 5.97 Å². The molecule has 0 radical (unpaired) electrons. The molecule has 1 fully saturated rings. The van der Waals surface area contributed by atoms with Crippen LogP contribution in [0.3, 0.4) is 0 Å². The first-order valence-corrected chi connectivity index (χ1v) is 10.1. The molecule has 1 aliphatic rings. The molecule has 1 saturated heterocycles. The average molecular weight is 391 g/mol. The molecule has 0 aliphatic carbocycles. The van der Waals surface area contributed by atoms with Crippen molar-refractivity contribution in [3.8, 4) is 6.07 Å². The zero-order chi connectivity index (χ0) is 19.9. The summed E-state index contributed by atoms with van der Waals surface area (Å²) >= 11 is 1.55. The van der Waals surface area contributed by atoms with E-state index in [1.54, 1.807) is 30.8 Å². The Hall–Kier alpha value is -2.04. The van der Waals surface area contributed by atoms with Gasteiger partial charge in [-0.25, -0.2) is 4.79 Å². The summed E-state index contributed by atoms with van der Waals surface area (Å²) in [6.07, 6.45) is 2.32. The van der Waals surface area contributed by atoms with Crippen LogP contribution in [0.15, 0.2) is 29.2 Å². The van der Waals surface area contributed by atoms with E-state index in [0.717, 1.165) is 30.1 Å². The van der Waals surface area contributed by atoms with Gasteiger partial charge in [-0.05, 0) is 37.8 Å². The number of benzene rings is 1. The van der Waals surface area contributed by atoms with Gasteiger partial charge in [0.2, 0.25) is 0 Å². The Labute approximate surface area is 164 Å². The van der Waals surface area contributed by atoms with Crippen molar-refractivity contribution in [2.45, 2.75) is 50.2 Å². The summed E-state index contributed by atoms with van der Waals surface area (Å²) in [5, 5.41) is 11.9. The fourth-order valence-electron chi connectivity index (χ4n) is 2.56. The van der Waals surface area contributed by atoms with Gasteiger partial charge in [-0.2, -0.15) is 5.26 Å². The van der Waals surface area contributed by atoms with E-state index in [1.165, 1.54) is 0 Å². The number of hydrogen-bond donors (Lipinski definition) is 1. The van der Waals surface area contributed by atoms with E-state index in [4.69, 9.17) is 9.47 Å². The van der Waals surface area contributed by atoms with E-state index < -0.39 is 24.0 Å². The number of carbonyl (C=O) groups is 2. The van der Waals surface area contributed by atoms with Crippen LogP contribution in [0.25, 0.3) is 0 Å². The van der Waals surface area contributed by atoms with Gasteiger partial charge < -0.3 is 14.8 Å². The molecule has 0 saturated carbocycles. The van der Waals surface area contributed by atoms with Gasteiger partial charge in [0.25, 0.3) is 5.91 Å². The number of nitrogens with zero attached hydrogens (tertiary/aromatic N) is 1. The Bertz CT molecular complexity index is 710. The van der Waals surface area contributed by atoms with Crippen molar-refractivity contribution < 1.29 is 19.1 Å². The standard InChI is InChI=1S/C20H26N2O4S/c1-14(2)20(3,13-21)22-18(23)11-26-19(24)16-8-4-5-9-17(16)27-12-15-7-6-10-25-15/h4-5,8-9,14-15H,6-7,10-12H2,1-3H3,(H,22,23)/t15-,20+/m1/s1. The quantitative estimate of drug-likeness (QED) is 0.542. The molecule has 0 spiro atoms. The normalized spacial score (nSPS) is 18.6. The number of amides is 1. The molecule has 6 nitrogen and oxygen atoms in total. The van der Waals surface area contributed by atoms with Gasteiger partial charge in [0.1, 0.15) is 5.54 Å². The van der Waals surface area contributed by atoms with E-state index in [9.17, 15) is 14.9 Å². The largest absolute Gasteiger partial charge is 0.452 e. The Morgan fingerprint density at radius 2 is 2.19 bits per heavy atom. The third kappa shape index (κ3) is 5.98. The third-order valence-electron chi connectivity index (χ3n) is 4.68. The second-order valence-corrected chi connectivity index (χ2v) is 8.10. The summed E-state index contributed by atoms with van der Waals surface area (Å²) in [6.45, 7) is 5.71. The number of thioether (sulfide) groups is 1. The van der Waals surface area contributed by atoms with Crippen molar-refractivity contribution in [1.82, 2.24) is 5.32 Å². The van der Waals surface area contributed by atoms with Gasteiger partial charge in [-0.1, -0.05) is 26.0 Å². The number of hydrogen-bond acceptors (Lipinski definition) is 6. The van der Waals surface area contributed by atoms with E-state index in [1.807, 2.05) is 26.0 Å². The molecule has 1 amide bonds. The maximum Gasteiger partial charge on any atom is 0.339 e. The second-order valence-electron chi connectivity index (χ2n) is 7.04. The predicted octanol–water partition coefficient (Wildman–Crippen LogP) is 3.17. The number of nitrogens with one attached hydrogen (secondary N) is 1.